The average molecular weight is 222 g/mol. The Kier molecular flexibility index (Phi) is 1.91. The van der Waals surface area contributed by atoms with E-state index in [9.17, 15) is 9.59 Å². The van der Waals surface area contributed by atoms with Crippen LogP contribution in [-0.4, -0.2) is 23.6 Å². The Morgan fingerprint density at radius 3 is 3.12 bits per heavy atom. The van der Waals surface area contributed by atoms with Crippen molar-refractivity contribution in [3.05, 3.63) is 12.7 Å². The zero-order chi connectivity index (χ0) is 11.3. The standard InChI is InChI=1S/C12H14O4/c1-2-10(13)15-9-3-4-12-5-7(9)8(6-12)11(14)16-12/h2,7-9H,1,3-6H2. The van der Waals surface area contributed by atoms with Crippen LogP contribution in [0, 0.1) is 11.8 Å². The summed E-state index contributed by atoms with van der Waals surface area (Å²) in [5.41, 5.74) is -0.219. The maximum atomic E-state index is 11.6. The molecule has 4 heteroatoms. The van der Waals surface area contributed by atoms with Crippen LogP contribution in [0.1, 0.15) is 25.7 Å². The molecule has 2 aliphatic carbocycles. The van der Waals surface area contributed by atoms with Crippen molar-refractivity contribution in [3.63, 3.8) is 0 Å². The Morgan fingerprint density at radius 1 is 1.56 bits per heavy atom. The van der Waals surface area contributed by atoms with Crippen LogP contribution in [-0.2, 0) is 19.1 Å². The molecule has 0 amide bonds. The van der Waals surface area contributed by atoms with E-state index in [0.717, 1.165) is 25.7 Å². The molecule has 3 fully saturated rings. The van der Waals surface area contributed by atoms with Crippen molar-refractivity contribution in [1.82, 2.24) is 0 Å². The van der Waals surface area contributed by atoms with Crippen molar-refractivity contribution in [2.24, 2.45) is 11.8 Å². The number of carbonyl (C=O) groups excluding carboxylic acids is 2. The van der Waals surface area contributed by atoms with E-state index < -0.39 is 5.97 Å². The van der Waals surface area contributed by atoms with Crippen LogP contribution in [0.15, 0.2) is 12.7 Å². The molecule has 2 saturated carbocycles. The van der Waals surface area contributed by atoms with E-state index >= 15 is 0 Å². The third-order valence-corrected chi connectivity index (χ3v) is 4.13. The molecule has 0 aromatic rings. The molecule has 4 unspecified atom stereocenters. The van der Waals surface area contributed by atoms with Crippen molar-refractivity contribution >= 4 is 11.9 Å². The van der Waals surface area contributed by atoms with Crippen molar-refractivity contribution in [2.75, 3.05) is 0 Å². The fourth-order valence-corrected chi connectivity index (χ4v) is 3.45. The number of carbonyl (C=O) groups is 2. The molecule has 0 aromatic carbocycles. The maximum Gasteiger partial charge on any atom is 0.330 e. The first-order chi connectivity index (χ1) is 7.63. The van der Waals surface area contributed by atoms with Gasteiger partial charge in [-0.25, -0.2) is 4.79 Å². The molecule has 3 bridgehead atoms. The van der Waals surface area contributed by atoms with Crippen LogP contribution in [0.3, 0.4) is 0 Å². The van der Waals surface area contributed by atoms with Gasteiger partial charge in [-0.15, -0.1) is 0 Å². The lowest BCUT2D eigenvalue weighted by atomic mass is 9.80. The molecule has 0 aromatic heterocycles. The number of esters is 2. The maximum absolute atomic E-state index is 11.6. The number of ether oxygens (including phenoxy) is 2. The quantitative estimate of drug-likeness (QED) is 0.520. The molecule has 4 nitrogen and oxygen atoms in total. The molecule has 1 saturated heterocycles. The summed E-state index contributed by atoms with van der Waals surface area (Å²) >= 11 is 0. The van der Waals surface area contributed by atoms with Crippen LogP contribution < -0.4 is 0 Å². The van der Waals surface area contributed by atoms with E-state index in [1.54, 1.807) is 0 Å². The second kappa shape index (κ2) is 3.09. The summed E-state index contributed by atoms with van der Waals surface area (Å²) < 4.78 is 10.7. The summed E-state index contributed by atoms with van der Waals surface area (Å²) in [6.45, 7) is 3.38. The lowest BCUT2D eigenvalue weighted by Gasteiger charge is -2.38. The lowest BCUT2D eigenvalue weighted by Crippen LogP contribution is -2.44. The summed E-state index contributed by atoms with van der Waals surface area (Å²) in [5.74, 6) is -0.378. The Labute approximate surface area is 93.6 Å². The molecule has 0 radical (unpaired) electrons. The van der Waals surface area contributed by atoms with Crippen molar-refractivity contribution in [2.45, 2.75) is 37.4 Å². The third kappa shape index (κ3) is 1.22. The average Bonchev–Trinajstić information content (AvgIpc) is 2.74. The fourth-order valence-electron chi connectivity index (χ4n) is 3.45. The van der Waals surface area contributed by atoms with Crippen LogP contribution >= 0.6 is 0 Å². The van der Waals surface area contributed by atoms with Gasteiger partial charge in [-0.3, -0.25) is 4.79 Å². The number of hydrogen-bond donors (Lipinski definition) is 0. The van der Waals surface area contributed by atoms with Gasteiger partial charge in [0.2, 0.25) is 0 Å². The minimum atomic E-state index is -0.392. The van der Waals surface area contributed by atoms with Crippen molar-refractivity contribution < 1.29 is 19.1 Å². The largest absolute Gasteiger partial charge is 0.459 e. The number of hydrogen-bond acceptors (Lipinski definition) is 4. The predicted octanol–water partition coefficient (Wildman–Crippen LogP) is 1.20. The topological polar surface area (TPSA) is 52.6 Å². The first-order valence-corrected chi connectivity index (χ1v) is 5.69. The fraction of sp³-hybridized carbons (Fsp3) is 0.667. The van der Waals surface area contributed by atoms with Gasteiger partial charge in [0.1, 0.15) is 11.7 Å². The van der Waals surface area contributed by atoms with Gasteiger partial charge >= 0.3 is 11.9 Å². The van der Waals surface area contributed by atoms with E-state index in [0.29, 0.717) is 0 Å². The number of fused-ring (bicyclic) bond motifs is 3. The highest BCUT2D eigenvalue weighted by Crippen LogP contribution is 2.56. The minimum Gasteiger partial charge on any atom is -0.459 e. The van der Waals surface area contributed by atoms with Crippen LogP contribution in [0.5, 0.6) is 0 Å². The van der Waals surface area contributed by atoms with Gasteiger partial charge in [0, 0.05) is 18.4 Å². The molecule has 86 valence electrons. The first-order valence-electron chi connectivity index (χ1n) is 5.69. The Bertz CT molecular complexity index is 375. The lowest BCUT2D eigenvalue weighted by molar-refractivity contribution is -0.175. The van der Waals surface area contributed by atoms with E-state index in [1.165, 1.54) is 6.08 Å². The number of rotatable bonds is 2. The molecule has 16 heavy (non-hydrogen) atoms. The van der Waals surface area contributed by atoms with Gasteiger partial charge in [-0.05, 0) is 19.3 Å². The highest BCUT2D eigenvalue weighted by molar-refractivity contribution is 5.81. The van der Waals surface area contributed by atoms with Gasteiger partial charge in [0.05, 0.1) is 5.92 Å². The Morgan fingerprint density at radius 2 is 2.38 bits per heavy atom. The van der Waals surface area contributed by atoms with E-state index in [1.807, 2.05) is 0 Å². The van der Waals surface area contributed by atoms with E-state index in [2.05, 4.69) is 6.58 Å². The smallest absolute Gasteiger partial charge is 0.330 e. The predicted molar refractivity (Wildman–Crippen MR) is 54.3 cm³/mol. The molecule has 3 rings (SSSR count). The van der Waals surface area contributed by atoms with E-state index in [-0.39, 0.29) is 29.5 Å². The molecule has 4 atom stereocenters. The normalized spacial score (nSPS) is 44.0. The summed E-state index contributed by atoms with van der Waals surface area (Å²) in [6, 6.07) is 0. The van der Waals surface area contributed by atoms with Gasteiger partial charge in [0.25, 0.3) is 0 Å². The molecular weight excluding hydrogens is 208 g/mol. The third-order valence-electron chi connectivity index (χ3n) is 4.13. The molecule has 3 aliphatic rings. The summed E-state index contributed by atoms with van der Waals surface area (Å²) in [4.78, 5) is 22.7. The zero-order valence-electron chi connectivity index (χ0n) is 8.98. The molecular formula is C12H14O4. The molecule has 1 heterocycles. The SMILES string of the molecule is C=CC(=O)OC1CCC23CC(C(=O)O2)C1C3. The molecule has 1 spiro atoms. The first kappa shape index (κ1) is 9.87. The minimum absolute atomic E-state index is 0.0508. The van der Waals surface area contributed by atoms with Gasteiger partial charge < -0.3 is 9.47 Å². The second-order valence-corrected chi connectivity index (χ2v) is 5.00. The highest BCUT2D eigenvalue weighted by atomic mass is 16.6. The summed E-state index contributed by atoms with van der Waals surface area (Å²) in [6.07, 6.45) is 4.35. The zero-order valence-corrected chi connectivity index (χ0v) is 8.98. The second-order valence-electron chi connectivity index (χ2n) is 5.00. The van der Waals surface area contributed by atoms with Crippen molar-refractivity contribution in [3.8, 4) is 0 Å². The highest BCUT2D eigenvalue weighted by Gasteiger charge is 2.62. The summed E-state index contributed by atoms with van der Waals surface area (Å²) in [5, 5.41) is 0. The van der Waals surface area contributed by atoms with Crippen LogP contribution in [0.4, 0.5) is 0 Å². The monoisotopic (exact) mass is 222 g/mol. The Balaban J connectivity index is 1.78. The van der Waals surface area contributed by atoms with Crippen LogP contribution in [0.2, 0.25) is 0 Å². The van der Waals surface area contributed by atoms with Gasteiger partial charge in [0.15, 0.2) is 0 Å². The van der Waals surface area contributed by atoms with Crippen LogP contribution in [0.25, 0.3) is 0 Å². The molecule has 0 N–H and O–H groups in total. The van der Waals surface area contributed by atoms with Gasteiger partial charge in [-0.2, -0.15) is 0 Å². The van der Waals surface area contributed by atoms with Gasteiger partial charge in [-0.1, -0.05) is 6.58 Å². The molecule has 1 aliphatic heterocycles. The summed E-state index contributed by atoms with van der Waals surface area (Å²) in [7, 11) is 0. The van der Waals surface area contributed by atoms with Crippen molar-refractivity contribution in [1.29, 1.82) is 0 Å². The Hall–Kier alpha value is -1.32. The van der Waals surface area contributed by atoms with E-state index in [4.69, 9.17) is 9.47 Å².